The van der Waals surface area contributed by atoms with Crippen LogP contribution in [0.25, 0.3) is 0 Å². The molecule has 47 heavy (non-hydrogen) atoms. The van der Waals surface area contributed by atoms with Gasteiger partial charge in [-0.15, -0.1) is 0 Å². The fourth-order valence-electron chi connectivity index (χ4n) is 3.98. The smallest absolute Gasteiger partial charge is 0.312 e. The van der Waals surface area contributed by atoms with Gasteiger partial charge in [0.15, 0.2) is 0 Å². The Morgan fingerprint density at radius 2 is 0.894 bits per heavy atom. The number of carbonyl (C=O) groups excluding carboxylic acids is 3. The van der Waals surface area contributed by atoms with Gasteiger partial charge in [-0.1, -0.05) is 76.2 Å². The molecule has 0 aromatic rings. The van der Waals surface area contributed by atoms with Gasteiger partial charge in [0, 0.05) is 0 Å². The summed E-state index contributed by atoms with van der Waals surface area (Å²) < 4.78 is 16.4. The van der Waals surface area contributed by atoms with E-state index in [2.05, 4.69) is 55.4 Å². The molecule has 0 aliphatic heterocycles. The third-order valence-electron chi connectivity index (χ3n) is 8.57. The standard InChI is InChI=1S/C17H34O2.C14H28O2.C10H20O2/c1-8-17(6,7)16(18)19-15(11-9-13(2)3)12-10-14(4)5;1-8-14(6,7)12(15)16-10-11(2)9-13(3,4)5;1-7-10(5,6)8(11)12-9(2,3)4/h13-15H,8-12H2,1-7H3;11H,8-10H2,1-7H3;7H2,1-6H3. The highest BCUT2D eigenvalue weighted by Crippen LogP contribution is 2.28. The second kappa shape index (κ2) is 22.2. The first-order valence-corrected chi connectivity index (χ1v) is 18.6. The summed E-state index contributed by atoms with van der Waals surface area (Å²) in [5.41, 5.74) is -1.13. The summed E-state index contributed by atoms with van der Waals surface area (Å²) in [6.45, 7) is 41.5. The molecular weight excluding hydrogens is 588 g/mol. The molecule has 0 saturated heterocycles. The number of rotatable bonds is 16. The Kier molecular flexibility index (Phi) is 23.5. The van der Waals surface area contributed by atoms with E-state index in [-0.39, 0.29) is 45.9 Å². The molecule has 0 aromatic heterocycles. The van der Waals surface area contributed by atoms with Crippen molar-refractivity contribution < 1.29 is 28.6 Å². The van der Waals surface area contributed by atoms with Gasteiger partial charge in [0.2, 0.25) is 0 Å². The average Bonchev–Trinajstić information content (AvgIpc) is 2.91. The molecule has 0 N–H and O–H groups in total. The summed E-state index contributed by atoms with van der Waals surface area (Å²) in [6, 6.07) is 0. The number of carbonyl (C=O) groups is 3. The van der Waals surface area contributed by atoms with E-state index in [9.17, 15) is 14.4 Å². The van der Waals surface area contributed by atoms with E-state index in [1.54, 1.807) is 0 Å². The molecular formula is C41H82O6. The van der Waals surface area contributed by atoms with Crippen LogP contribution in [0.1, 0.15) is 190 Å². The van der Waals surface area contributed by atoms with E-state index in [0.29, 0.717) is 29.8 Å². The molecule has 0 radical (unpaired) electrons. The molecule has 0 bridgehead atoms. The Morgan fingerprint density at radius 3 is 1.21 bits per heavy atom. The fraction of sp³-hybridized carbons (Fsp3) is 0.927. The van der Waals surface area contributed by atoms with Crippen LogP contribution in [0.4, 0.5) is 0 Å². The minimum Gasteiger partial charge on any atom is -0.465 e. The zero-order chi connectivity index (χ0) is 38.0. The van der Waals surface area contributed by atoms with Gasteiger partial charge in [0.1, 0.15) is 11.7 Å². The van der Waals surface area contributed by atoms with Crippen LogP contribution in [0.15, 0.2) is 0 Å². The van der Waals surface area contributed by atoms with Gasteiger partial charge in [-0.25, -0.2) is 0 Å². The first-order chi connectivity index (χ1) is 21.0. The van der Waals surface area contributed by atoms with Crippen LogP contribution in [0.5, 0.6) is 0 Å². The van der Waals surface area contributed by atoms with Crippen molar-refractivity contribution in [2.24, 2.45) is 39.4 Å². The number of hydrogen-bond donors (Lipinski definition) is 0. The van der Waals surface area contributed by atoms with E-state index in [4.69, 9.17) is 14.2 Å². The summed E-state index contributed by atoms with van der Waals surface area (Å²) in [6.07, 6.45) is 7.88. The predicted molar refractivity (Wildman–Crippen MR) is 200 cm³/mol. The Hall–Kier alpha value is -1.59. The van der Waals surface area contributed by atoms with E-state index in [0.717, 1.165) is 51.4 Å². The third-order valence-corrected chi connectivity index (χ3v) is 8.57. The third kappa shape index (κ3) is 27.0. The van der Waals surface area contributed by atoms with Crippen molar-refractivity contribution in [2.75, 3.05) is 6.61 Å². The second-order valence-electron chi connectivity index (χ2n) is 18.7. The van der Waals surface area contributed by atoms with Gasteiger partial charge in [-0.2, -0.15) is 0 Å². The normalized spacial score (nSPS) is 13.3. The van der Waals surface area contributed by atoms with Crippen molar-refractivity contribution in [1.29, 1.82) is 0 Å². The molecule has 1 unspecified atom stereocenters. The largest absolute Gasteiger partial charge is 0.465 e. The van der Waals surface area contributed by atoms with Crippen LogP contribution >= 0.6 is 0 Å². The van der Waals surface area contributed by atoms with Crippen LogP contribution in [0.3, 0.4) is 0 Å². The summed E-state index contributed by atoms with van der Waals surface area (Å²) in [7, 11) is 0. The number of esters is 3. The lowest BCUT2D eigenvalue weighted by atomic mass is 9.86. The van der Waals surface area contributed by atoms with Crippen LogP contribution < -0.4 is 0 Å². The monoisotopic (exact) mass is 671 g/mol. The maximum Gasteiger partial charge on any atom is 0.312 e. The Balaban J connectivity index is -0.000000634. The Morgan fingerprint density at radius 1 is 0.532 bits per heavy atom. The maximum absolute atomic E-state index is 12.2. The molecule has 1 atom stereocenters. The summed E-state index contributed by atoms with van der Waals surface area (Å²) in [4.78, 5) is 35.4. The molecule has 0 saturated carbocycles. The second-order valence-corrected chi connectivity index (χ2v) is 18.7. The molecule has 6 heteroatoms. The van der Waals surface area contributed by atoms with Crippen molar-refractivity contribution in [3.05, 3.63) is 0 Å². The SMILES string of the molecule is CCC(C)(C)C(=O)OC(C)(C)C.CCC(C)(C)C(=O)OC(CCC(C)C)CCC(C)C.CCC(C)(C)C(=O)OCC(C)CC(C)(C)C. The van der Waals surface area contributed by atoms with Crippen LogP contribution in [0, 0.1) is 39.4 Å². The molecule has 282 valence electrons. The highest BCUT2D eigenvalue weighted by Gasteiger charge is 2.31. The average molecular weight is 671 g/mol. The summed E-state index contributed by atoms with van der Waals surface area (Å²) in [5.74, 6) is 1.54. The topological polar surface area (TPSA) is 78.9 Å². The van der Waals surface area contributed by atoms with Gasteiger partial charge in [0.25, 0.3) is 0 Å². The quantitative estimate of drug-likeness (QED) is 0.120. The summed E-state index contributed by atoms with van der Waals surface area (Å²) >= 11 is 0. The molecule has 0 fully saturated rings. The van der Waals surface area contributed by atoms with Crippen LogP contribution in [0.2, 0.25) is 0 Å². The van der Waals surface area contributed by atoms with Gasteiger partial charge in [-0.05, 0) is 137 Å². The lowest BCUT2D eigenvalue weighted by molar-refractivity contribution is -0.166. The molecule has 0 aliphatic carbocycles. The first-order valence-electron chi connectivity index (χ1n) is 18.6. The van der Waals surface area contributed by atoms with Gasteiger partial charge < -0.3 is 14.2 Å². The van der Waals surface area contributed by atoms with Crippen LogP contribution in [-0.4, -0.2) is 36.2 Å². The van der Waals surface area contributed by atoms with E-state index >= 15 is 0 Å². The highest BCUT2D eigenvalue weighted by molar-refractivity contribution is 5.76. The van der Waals surface area contributed by atoms with Crippen molar-refractivity contribution in [3.63, 3.8) is 0 Å². The van der Waals surface area contributed by atoms with Crippen molar-refractivity contribution in [1.82, 2.24) is 0 Å². The van der Waals surface area contributed by atoms with Crippen molar-refractivity contribution in [2.45, 2.75) is 202 Å². The molecule has 0 heterocycles. The van der Waals surface area contributed by atoms with Gasteiger partial charge in [0.05, 0.1) is 22.9 Å². The lowest BCUT2D eigenvalue weighted by Crippen LogP contribution is -2.33. The van der Waals surface area contributed by atoms with Gasteiger partial charge in [-0.3, -0.25) is 14.4 Å². The molecule has 0 amide bonds. The molecule has 0 spiro atoms. The minimum absolute atomic E-state index is 0.0347. The zero-order valence-electron chi connectivity index (χ0n) is 35.1. The predicted octanol–water partition coefficient (Wildman–Crippen LogP) is 12.0. The van der Waals surface area contributed by atoms with E-state index in [1.165, 1.54) is 0 Å². The van der Waals surface area contributed by atoms with Crippen LogP contribution in [-0.2, 0) is 28.6 Å². The van der Waals surface area contributed by atoms with Crippen molar-refractivity contribution >= 4 is 17.9 Å². The van der Waals surface area contributed by atoms with Crippen molar-refractivity contribution in [3.8, 4) is 0 Å². The van der Waals surface area contributed by atoms with E-state index in [1.807, 2.05) is 83.1 Å². The molecule has 6 nitrogen and oxygen atoms in total. The Bertz CT molecular complexity index is 855. The fourth-order valence-corrected chi connectivity index (χ4v) is 3.98. The maximum atomic E-state index is 12.2. The zero-order valence-corrected chi connectivity index (χ0v) is 35.1. The molecule has 0 aliphatic rings. The Labute approximate surface area is 293 Å². The minimum atomic E-state index is -0.372. The lowest BCUT2D eigenvalue weighted by Gasteiger charge is -2.27. The number of hydrogen-bond acceptors (Lipinski definition) is 6. The van der Waals surface area contributed by atoms with Gasteiger partial charge >= 0.3 is 17.9 Å². The summed E-state index contributed by atoms with van der Waals surface area (Å²) in [5, 5.41) is 0. The van der Waals surface area contributed by atoms with E-state index < -0.39 is 0 Å². The number of ether oxygens (including phenoxy) is 3. The molecule has 0 rings (SSSR count). The first kappa shape index (κ1) is 49.8. The molecule has 0 aromatic carbocycles. The highest BCUT2D eigenvalue weighted by atomic mass is 16.6.